The van der Waals surface area contributed by atoms with Gasteiger partial charge in [0.1, 0.15) is 5.75 Å². The number of hydrogen-bond donors (Lipinski definition) is 2. The third-order valence-corrected chi connectivity index (χ3v) is 5.76. The number of alkyl halides is 3. The quantitative estimate of drug-likeness (QED) is 0.550. The number of guanidine groups is 1. The fourth-order valence-electron chi connectivity index (χ4n) is 4.34. The predicted octanol–water partition coefficient (Wildman–Crippen LogP) is 3.80. The van der Waals surface area contributed by atoms with E-state index in [1.165, 1.54) is 0 Å². The maximum atomic E-state index is 12.6. The average molecular weight is 413 g/mol. The second kappa shape index (κ2) is 8.42. The van der Waals surface area contributed by atoms with Gasteiger partial charge in [-0.2, -0.15) is 13.2 Å². The minimum Gasteiger partial charge on any atom is -0.484 e. The Bertz CT molecular complexity index is 749. The first-order valence-corrected chi connectivity index (χ1v) is 10.1. The first-order valence-electron chi connectivity index (χ1n) is 10.1. The second-order valence-corrected chi connectivity index (χ2v) is 8.40. The minimum absolute atomic E-state index is 0.00218. The van der Waals surface area contributed by atoms with Gasteiger partial charge in [-0.3, -0.25) is 0 Å². The number of hydrogen-bond acceptors (Lipinski definition) is 3. The summed E-state index contributed by atoms with van der Waals surface area (Å²) in [5.41, 5.74) is 1.46. The molecule has 8 heteroatoms. The van der Waals surface area contributed by atoms with Crippen LogP contribution in [0.1, 0.15) is 38.3 Å². The molecule has 1 aliphatic carbocycles. The zero-order chi connectivity index (χ0) is 21.2. The Hall–Kier alpha value is -1.96. The molecule has 1 aromatic rings. The van der Waals surface area contributed by atoms with Crippen molar-refractivity contribution in [2.75, 3.05) is 19.8 Å². The molecule has 29 heavy (non-hydrogen) atoms. The van der Waals surface area contributed by atoms with Gasteiger partial charge in [-0.1, -0.05) is 26.0 Å². The number of halogens is 3. The third kappa shape index (κ3) is 4.97. The molecule has 1 aliphatic heterocycles. The molecular weight excluding hydrogens is 383 g/mol. The SMILES string of the molecule is CCNC(=NCc1ccc(C)cc1OCC(F)(F)F)NC1C2CCOC2C1(C)C. The molecule has 2 aliphatic rings. The van der Waals surface area contributed by atoms with E-state index in [0.717, 1.165) is 18.6 Å². The third-order valence-electron chi connectivity index (χ3n) is 5.76. The van der Waals surface area contributed by atoms with E-state index in [0.29, 0.717) is 24.0 Å². The van der Waals surface area contributed by atoms with Crippen LogP contribution in [0.3, 0.4) is 0 Å². The molecule has 0 radical (unpaired) electrons. The van der Waals surface area contributed by atoms with Gasteiger partial charge in [0.15, 0.2) is 12.6 Å². The number of nitrogens with one attached hydrogen (secondary N) is 2. The Morgan fingerprint density at radius 3 is 2.79 bits per heavy atom. The number of aliphatic imine (C=N–C) groups is 1. The first kappa shape index (κ1) is 21.7. The van der Waals surface area contributed by atoms with E-state index < -0.39 is 12.8 Å². The monoisotopic (exact) mass is 413 g/mol. The molecule has 0 spiro atoms. The van der Waals surface area contributed by atoms with Gasteiger partial charge in [-0.05, 0) is 31.9 Å². The van der Waals surface area contributed by atoms with E-state index in [2.05, 4.69) is 29.5 Å². The van der Waals surface area contributed by atoms with E-state index in [-0.39, 0.29) is 29.9 Å². The Morgan fingerprint density at radius 1 is 1.34 bits per heavy atom. The lowest BCUT2D eigenvalue weighted by atomic mass is 9.57. The summed E-state index contributed by atoms with van der Waals surface area (Å²) in [5, 5.41) is 6.75. The molecule has 162 valence electrons. The van der Waals surface area contributed by atoms with Gasteiger partial charge < -0.3 is 20.1 Å². The van der Waals surface area contributed by atoms with Crippen LogP contribution >= 0.6 is 0 Å². The van der Waals surface area contributed by atoms with Crippen molar-refractivity contribution in [3.63, 3.8) is 0 Å². The predicted molar refractivity (Wildman–Crippen MR) is 106 cm³/mol. The van der Waals surface area contributed by atoms with Crippen molar-refractivity contribution in [1.82, 2.24) is 10.6 Å². The van der Waals surface area contributed by atoms with Crippen molar-refractivity contribution < 1.29 is 22.6 Å². The lowest BCUT2D eigenvalue weighted by molar-refractivity contribution is -0.153. The van der Waals surface area contributed by atoms with Crippen LogP contribution in [0, 0.1) is 18.3 Å². The average Bonchev–Trinajstić information content (AvgIpc) is 3.09. The summed E-state index contributed by atoms with van der Waals surface area (Å²) in [7, 11) is 0. The molecule has 3 unspecified atom stereocenters. The van der Waals surface area contributed by atoms with E-state index in [9.17, 15) is 13.2 Å². The van der Waals surface area contributed by atoms with E-state index >= 15 is 0 Å². The van der Waals surface area contributed by atoms with Crippen molar-refractivity contribution in [3.8, 4) is 5.75 Å². The van der Waals surface area contributed by atoms with Crippen molar-refractivity contribution in [3.05, 3.63) is 29.3 Å². The van der Waals surface area contributed by atoms with E-state index in [1.54, 1.807) is 12.1 Å². The van der Waals surface area contributed by atoms with Gasteiger partial charge >= 0.3 is 6.18 Å². The van der Waals surface area contributed by atoms with Crippen molar-refractivity contribution in [2.24, 2.45) is 16.3 Å². The molecular formula is C21H30F3N3O2. The molecule has 2 fully saturated rings. The number of nitrogens with zero attached hydrogens (tertiary/aromatic N) is 1. The highest BCUT2D eigenvalue weighted by Gasteiger charge is 2.59. The number of benzene rings is 1. The molecule has 2 N–H and O–H groups in total. The number of aryl methyl sites for hydroxylation is 1. The molecule has 1 saturated heterocycles. The summed E-state index contributed by atoms with van der Waals surface area (Å²) >= 11 is 0. The molecule has 0 amide bonds. The van der Waals surface area contributed by atoms with Crippen molar-refractivity contribution >= 4 is 5.96 Å². The summed E-state index contributed by atoms with van der Waals surface area (Å²) in [4.78, 5) is 4.61. The van der Waals surface area contributed by atoms with Gasteiger partial charge in [0.2, 0.25) is 0 Å². The molecule has 0 aromatic heterocycles. The Labute approximate surface area is 170 Å². The van der Waals surface area contributed by atoms with Crippen LogP contribution in [0.5, 0.6) is 5.75 Å². The molecule has 0 bridgehead atoms. The van der Waals surface area contributed by atoms with E-state index in [4.69, 9.17) is 9.47 Å². The van der Waals surface area contributed by atoms with Gasteiger partial charge in [0, 0.05) is 36.1 Å². The minimum atomic E-state index is -4.38. The normalized spacial score (nSPS) is 25.9. The summed E-state index contributed by atoms with van der Waals surface area (Å²) < 4.78 is 48.6. The van der Waals surface area contributed by atoms with Gasteiger partial charge in [-0.25, -0.2) is 4.99 Å². The number of rotatable bonds is 6. The standard InChI is InChI=1S/C21H30F3N3O2/c1-5-25-19(27-17-15-8-9-28-18(15)20(17,3)4)26-11-14-7-6-13(2)10-16(14)29-12-21(22,23)24/h6-7,10,15,17-18H,5,8-9,11-12H2,1-4H3,(H2,25,26,27). The van der Waals surface area contributed by atoms with Crippen molar-refractivity contribution in [2.45, 2.75) is 59.0 Å². The summed E-state index contributed by atoms with van der Waals surface area (Å²) in [5.74, 6) is 1.33. The topological polar surface area (TPSA) is 54.9 Å². The summed E-state index contributed by atoms with van der Waals surface area (Å²) in [6.07, 6.45) is -3.09. The maximum Gasteiger partial charge on any atom is 0.422 e. The lowest BCUT2D eigenvalue weighted by Crippen LogP contribution is -2.67. The fourth-order valence-corrected chi connectivity index (χ4v) is 4.34. The Balaban J connectivity index is 1.72. The number of fused-ring (bicyclic) bond motifs is 1. The van der Waals surface area contributed by atoms with Crippen molar-refractivity contribution in [1.29, 1.82) is 0 Å². The highest BCUT2D eigenvalue weighted by molar-refractivity contribution is 5.80. The van der Waals surface area contributed by atoms with Crippen LogP contribution in [0.4, 0.5) is 13.2 Å². The largest absolute Gasteiger partial charge is 0.484 e. The van der Waals surface area contributed by atoms with Crippen LogP contribution in [0.15, 0.2) is 23.2 Å². The van der Waals surface area contributed by atoms with Gasteiger partial charge in [-0.15, -0.1) is 0 Å². The Morgan fingerprint density at radius 2 is 2.10 bits per heavy atom. The zero-order valence-corrected chi connectivity index (χ0v) is 17.4. The maximum absolute atomic E-state index is 12.6. The van der Waals surface area contributed by atoms with Gasteiger partial charge in [0.25, 0.3) is 0 Å². The smallest absolute Gasteiger partial charge is 0.422 e. The molecule has 3 atom stereocenters. The van der Waals surface area contributed by atoms with E-state index in [1.807, 2.05) is 19.9 Å². The highest BCUT2D eigenvalue weighted by Crippen LogP contribution is 2.52. The van der Waals surface area contributed by atoms with Crippen LogP contribution in [-0.2, 0) is 11.3 Å². The zero-order valence-electron chi connectivity index (χ0n) is 17.4. The van der Waals surface area contributed by atoms with Crippen LogP contribution in [0.25, 0.3) is 0 Å². The second-order valence-electron chi connectivity index (χ2n) is 8.40. The Kier molecular flexibility index (Phi) is 6.31. The molecule has 1 aromatic carbocycles. The molecule has 3 rings (SSSR count). The van der Waals surface area contributed by atoms with Gasteiger partial charge in [0.05, 0.1) is 12.6 Å². The molecule has 1 saturated carbocycles. The summed E-state index contributed by atoms with van der Waals surface area (Å²) in [6.45, 7) is 8.55. The molecule has 5 nitrogen and oxygen atoms in total. The number of ether oxygens (including phenoxy) is 2. The molecule has 1 heterocycles. The van der Waals surface area contributed by atoms with Crippen LogP contribution in [0.2, 0.25) is 0 Å². The fraction of sp³-hybridized carbons (Fsp3) is 0.667. The lowest BCUT2D eigenvalue weighted by Gasteiger charge is -2.54. The first-order chi connectivity index (χ1) is 13.6. The summed E-state index contributed by atoms with van der Waals surface area (Å²) in [6, 6.07) is 5.47. The van der Waals surface area contributed by atoms with Crippen LogP contribution in [-0.4, -0.2) is 44.0 Å². The van der Waals surface area contributed by atoms with Crippen LogP contribution < -0.4 is 15.4 Å². The highest BCUT2D eigenvalue weighted by atomic mass is 19.4.